The molecule has 23 heavy (non-hydrogen) atoms. The van der Waals surface area contributed by atoms with Gasteiger partial charge in [0.2, 0.25) is 0 Å². The van der Waals surface area contributed by atoms with Gasteiger partial charge in [-0.05, 0) is 18.6 Å². The number of aromatic nitrogens is 2. The van der Waals surface area contributed by atoms with Gasteiger partial charge in [0.1, 0.15) is 5.82 Å². The topological polar surface area (TPSA) is 52.6 Å². The van der Waals surface area contributed by atoms with E-state index in [2.05, 4.69) is 14.9 Å². The number of carbonyl (C=O) groups is 1. The van der Waals surface area contributed by atoms with Crippen LogP contribution in [0.2, 0.25) is 0 Å². The lowest BCUT2D eigenvalue weighted by atomic mass is 10.2. The van der Waals surface area contributed by atoms with Gasteiger partial charge >= 0.3 is 0 Å². The van der Waals surface area contributed by atoms with Crippen molar-refractivity contribution in [1.29, 1.82) is 0 Å². The number of amides is 1. The van der Waals surface area contributed by atoms with Gasteiger partial charge < -0.3 is 14.7 Å². The van der Waals surface area contributed by atoms with E-state index in [1.54, 1.807) is 17.5 Å². The number of rotatable bonds is 3. The Balaban J connectivity index is 1.74. The zero-order chi connectivity index (χ0) is 16.2. The van der Waals surface area contributed by atoms with E-state index >= 15 is 0 Å². The fourth-order valence-corrected chi connectivity index (χ4v) is 3.47. The maximum absolute atomic E-state index is 12.9. The Morgan fingerprint density at radius 3 is 2.78 bits per heavy atom. The van der Waals surface area contributed by atoms with Crippen LogP contribution in [0.3, 0.4) is 0 Å². The normalized spacial score (nSPS) is 15.4. The van der Waals surface area contributed by atoms with Crippen LogP contribution in [0.1, 0.15) is 16.8 Å². The molecule has 2 aromatic heterocycles. The van der Waals surface area contributed by atoms with Gasteiger partial charge in [-0.25, -0.2) is 9.97 Å². The van der Waals surface area contributed by atoms with Crippen molar-refractivity contribution < 1.29 is 4.79 Å². The van der Waals surface area contributed by atoms with E-state index in [1.165, 1.54) is 0 Å². The lowest BCUT2D eigenvalue weighted by Gasteiger charge is -2.23. The summed E-state index contributed by atoms with van der Waals surface area (Å²) in [6, 6.07) is 3.67. The van der Waals surface area contributed by atoms with Crippen molar-refractivity contribution >= 4 is 28.2 Å². The first-order valence-electron chi connectivity index (χ1n) is 7.73. The van der Waals surface area contributed by atoms with Gasteiger partial charge in [0.05, 0.1) is 5.56 Å². The van der Waals surface area contributed by atoms with Gasteiger partial charge in [0, 0.05) is 58.0 Å². The zero-order valence-corrected chi connectivity index (χ0v) is 14.3. The summed E-state index contributed by atoms with van der Waals surface area (Å²) in [7, 11) is 3.82. The Labute approximate surface area is 140 Å². The van der Waals surface area contributed by atoms with Crippen LogP contribution in [0.25, 0.3) is 0 Å². The maximum atomic E-state index is 12.9. The van der Waals surface area contributed by atoms with Crippen LogP contribution in [-0.2, 0) is 0 Å². The van der Waals surface area contributed by atoms with E-state index in [9.17, 15) is 4.79 Å². The van der Waals surface area contributed by atoms with Crippen molar-refractivity contribution in [3.8, 4) is 0 Å². The maximum Gasteiger partial charge on any atom is 0.257 e. The SMILES string of the molecule is CN(C)c1ncccc1C(=O)N1CCCN(c2nccs2)CC1. The summed E-state index contributed by atoms with van der Waals surface area (Å²) in [4.78, 5) is 27.7. The summed E-state index contributed by atoms with van der Waals surface area (Å²) in [6.45, 7) is 3.23. The zero-order valence-electron chi connectivity index (χ0n) is 13.5. The molecule has 122 valence electrons. The number of nitrogens with zero attached hydrogens (tertiary/aromatic N) is 5. The van der Waals surface area contributed by atoms with E-state index in [0.717, 1.165) is 37.0 Å². The summed E-state index contributed by atoms with van der Waals surface area (Å²) in [5.74, 6) is 0.779. The fraction of sp³-hybridized carbons (Fsp3) is 0.438. The van der Waals surface area contributed by atoms with Crippen LogP contribution in [0.4, 0.5) is 10.9 Å². The Bertz CT molecular complexity index is 658. The predicted octanol–water partition coefficient (Wildman–Crippen LogP) is 1.96. The molecule has 0 N–H and O–H groups in total. The van der Waals surface area contributed by atoms with Crippen molar-refractivity contribution in [3.63, 3.8) is 0 Å². The Morgan fingerprint density at radius 2 is 2.04 bits per heavy atom. The lowest BCUT2D eigenvalue weighted by molar-refractivity contribution is 0.0767. The third-order valence-electron chi connectivity index (χ3n) is 3.91. The molecule has 0 spiro atoms. The molecular weight excluding hydrogens is 310 g/mol. The van der Waals surface area contributed by atoms with Crippen LogP contribution in [0.5, 0.6) is 0 Å². The van der Waals surface area contributed by atoms with Crippen molar-refractivity contribution in [2.45, 2.75) is 6.42 Å². The molecule has 0 saturated carbocycles. The van der Waals surface area contributed by atoms with E-state index in [-0.39, 0.29) is 5.91 Å². The molecule has 3 rings (SSSR count). The molecule has 3 heterocycles. The second kappa shape index (κ2) is 6.95. The summed E-state index contributed by atoms with van der Waals surface area (Å²) in [6.07, 6.45) is 4.49. The summed E-state index contributed by atoms with van der Waals surface area (Å²) in [5, 5.41) is 3.02. The molecule has 0 unspecified atom stereocenters. The average Bonchev–Trinajstić information content (AvgIpc) is 2.99. The van der Waals surface area contributed by atoms with E-state index in [0.29, 0.717) is 12.1 Å². The van der Waals surface area contributed by atoms with Gasteiger partial charge in [0.15, 0.2) is 5.13 Å². The van der Waals surface area contributed by atoms with Gasteiger partial charge in [-0.3, -0.25) is 4.79 Å². The molecule has 7 heteroatoms. The number of pyridine rings is 1. The summed E-state index contributed by atoms with van der Waals surface area (Å²) >= 11 is 1.65. The van der Waals surface area contributed by atoms with Crippen molar-refractivity contribution in [1.82, 2.24) is 14.9 Å². The highest BCUT2D eigenvalue weighted by molar-refractivity contribution is 7.13. The largest absolute Gasteiger partial charge is 0.362 e. The third-order valence-corrected chi connectivity index (χ3v) is 4.75. The summed E-state index contributed by atoms with van der Waals surface area (Å²) < 4.78 is 0. The van der Waals surface area contributed by atoms with E-state index in [4.69, 9.17) is 0 Å². The highest BCUT2D eigenvalue weighted by Crippen LogP contribution is 2.21. The van der Waals surface area contributed by atoms with Gasteiger partial charge in [-0.2, -0.15) is 0 Å². The first-order chi connectivity index (χ1) is 11.2. The first-order valence-corrected chi connectivity index (χ1v) is 8.61. The average molecular weight is 331 g/mol. The highest BCUT2D eigenvalue weighted by Gasteiger charge is 2.23. The summed E-state index contributed by atoms with van der Waals surface area (Å²) in [5.41, 5.74) is 0.667. The molecule has 1 amide bonds. The lowest BCUT2D eigenvalue weighted by Crippen LogP contribution is -2.36. The Hall–Kier alpha value is -2.15. The standard InChI is InChI=1S/C16H21N5OS/c1-19(2)14-13(5-3-6-17-14)15(22)20-8-4-9-21(11-10-20)16-18-7-12-23-16/h3,5-7,12H,4,8-11H2,1-2H3. The van der Waals surface area contributed by atoms with Gasteiger partial charge in [-0.15, -0.1) is 11.3 Å². The molecule has 0 aromatic carbocycles. The molecular formula is C16H21N5OS. The minimum atomic E-state index is 0.0581. The van der Waals surface area contributed by atoms with E-state index in [1.807, 2.05) is 47.6 Å². The van der Waals surface area contributed by atoms with Gasteiger partial charge in [0.25, 0.3) is 5.91 Å². The molecule has 1 aliphatic heterocycles. The Kier molecular flexibility index (Phi) is 4.76. The minimum Gasteiger partial charge on any atom is -0.362 e. The van der Waals surface area contributed by atoms with Crippen molar-refractivity contribution in [3.05, 3.63) is 35.5 Å². The second-order valence-corrected chi connectivity index (χ2v) is 6.59. The van der Waals surface area contributed by atoms with Gasteiger partial charge in [-0.1, -0.05) is 0 Å². The first kappa shape index (κ1) is 15.7. The molecule has 2 aromatic rings. The molecule has 0 bridgehead atoms. The highest BCUT2D eigenvalue weighted by atomic mass is 32.1. The number of carbonyl (C=O) groups excluding carboxylic acids is 1. The molecule has 1 aliphatic rings. The number of thiazole rings is 1. The molecule has 0 atom stereocenters. The minimum absolute atomic E-state index is 0.0581. The predicted molar refractivity (Wildman–Crippen MR) is 93.4 cm³/mol. The van der Waals surface area contributed by atoms with Crippen molar-refractivity contribution in [2.24, 2.45) is 0 Å². The number of anilines is 2. The molecule has 1 fully saturated rings. The quantitative estimate of drug-likeness (QED) is 0.860. The number of hydrogen-bond donors (Lipinski definition) is 0. The molecule has 0 aliphatic carbocycles. The smallest absolute Gasteiger partial charge is 0.257 e. The van der Waals surface area contributed by atoms with Crippen LogP contribution >= 0.6 is 11.3 Å². The Morgan fingerprint density at radius 1 is 1.17 bits per heavy atom. The molecule has 6 nitrogen and oxygen atoms in total. The number of hydrogen-bond acceptors (Lipinski definition) is 6. The fourth-order valence-electron chi connectivity index (χ4n) is 2.77. The molecule has 0 radical (unpaired) electrons. The second-order valence-electron chi connectivity index (χ2n) is 5.72. The van der Waals surface area contributed by atoms with Crippen LogP contribution in [-0.4, -0.2) is 61.0 Å². The van der Waals surface area contributed by atoms with Crippen LogP contribution in [0, 0.1) is 0 Å². The van der Waals surface area contributed by atoms with E-state index < -0.39 is 0 Å². The molecule has 1 saturated heterocycles. The van der Waals surface area contributed by atoms with Crippen LogP contribution in [0.15, 0.2) is 29.9 Å². The monoisotopic (exact) mass is 331 g/mol. The van der Waals surface area contributed by atoms with Crippen LogP contribution < -0.4 is 9.80 Å². The third kappa shape index (κ3) is 3.44. The van der Waals surface area contributed by atoms with Crippen molar-refractivity contribution in [2.75, 3.05) is 50.1 Å².